The van der Waals surface area contributed by atoms with Gasteiger partial charge in [-0.3, -0.25) is 4.79 Å². The summed E-state index contributed by atoms with van der Waals surface area (Å²) >= 11 is 17.0. The number of hydrogen-bond acceptors (Lipinski definition) is 2. The number of aryl methyl sites for hydroxylation is 1. The van der Waals surface area contributed by atoms with Crippen molar-refractivity contribution in [2.24, 2.45) is 0 Å². The first-order valence-corrected chi connectivity index (χ1v) is 10.5. The van der Waals surface area contributed by atoms with Gasteiger partial charge >= 0.3 is 0 Å². The highest BCUT2D eigenvalue weighted by Gasteiger charge is 2.33. The van der Waals surface area contributed by atoms with Gasteiger partial charge in [0, 0.05) is 9.80 Å². The normalized spacial score (nSPS) is 14.9. The number of nitrogens with one attached hydrogen (secondary N) is 1. The number of alkyl halides is 3. The molecule has 25 heavy (non-hydrogen) atoms. The van der Waals surface area contributed by atoms with Crippen LogP contribution in [0.3, 0.4) is 0 Å². The van der Waals surface area contributed by atoms with Crippen LogP contribution in [0.2, 0.25) is 0 Å². The van der Waals surface area contributed by atoms with Gasteiger partial charge in [-0.2, -0.15) is 0 Å². The highest BCUT2D eigenvalue weighted by atomic mass is 35.6. The molecule has 1 unspecified atom stereocenters. The predicted octanol–water partition coefficient (Wildman–Crippen LogP) is 5.44. The number of rotatable bonds is 8. The van der Waals surface area contributed by atoms with E-state index in [-0.39, 0.29) is 0 Å². The van der Waals surface area contributed by atoms with Gasteiger partial charge < -0.3 is 5.32 Å². The number of allylic oxidation sites excluding steroid dienone is 1. The molecule has 2 atom stereocenters. The Kier molecular flexibility index (Phi) is 9.50. The minimum absolute atomic E-state index is 0.440. The van der Waals surface area contributed by atoms with Crippen molar-refractivity contribution in [1.82, 2.24) is 5.32 Å². The number of carbonyl (C=O) groups excluding carboxylic acids is 1. The average Bonchev–Trinajstić information content (AvgIpc) is 2.55. The number of carbonyl (C=O) groups is 1. The van der Waals surface area contributed by atoms with Crippen LogP contribution in [-0.2, 0) is 15.6 Å². The van der Waals surface area contributed by atoms with Gasteiger partial charge in [0.05, 0.1) is 16.8 Å². The largest absolute Gasteiger partial charge is 0.345 e. The minimum atomic E-state index is -2.05. The number of hydrogen-bond donors (Lipinski definition) is 1. The molecule has 1 N–H and O–H groups in total. The molecular formula is C18H24Cl3NO2S. The molecule has 1 amide bonds. The van der Waals surface area contributed by atoms with E-state index in [4.69, 9.17) is 34.8 Å². The Hall–Kier alpha value is -0.550. The molecule has 0 aromatic heterocycles. The lowest BCUT2D eigenvalue weighted by molar-refractivity contribution is -0.120. The molecule has 0 spiro atoms. The Bertz CT molecular complexity index is 624. The molecule has 0 aliphatic carbocycles. The molecule has 1 rings (SSSR count). The van der Waals surface area contributed by atoms with Crippen molar-refractivity contribution in [3.05, 3.63) is 40.8 Å². The van der Waals surface area contributed by atoms with Crippen molar-refractivity contribution in [3.63, 3.8) is 0 Å². The van der Waals surface area contributed by atoms with Gasteiger partial charge in [-0.1, -0.05) is 85.3 Å². The molecule has 7 heteroatoms. The van der Waals surface area contributed by atoms with Gasteiger partial charge in [0.15, 0.2) is 0 Å². The first-order valence-electron chi connectivity index (χ1n) is 8.26. The van der Waals surface area contributed by atoms with E-state index in [2.05, 4.69) is 5.32 Å². The van der Waals surface area contributed by atoms with E-state index in [0.29, 0.717) is 22.6 Å². The summed E-state index contributed by atoms with van der Waals surface area (Å²) in [5.74, 6) is -0.707. The summed E-state index contributed by atoms with van der Waals surface area (Å²) in [6.07, 6.45) is 5.01. The molecule has 0 aliphatic heterocycles. The van der Waals surface area contributed by atoms with Crippen molar-refractivity contribution >= 4 is 51.5 Å². The molecule has 0 saturated carbocycles. The lowest BCUT2D eigenvalue weighted by Crippen LogP contribution is -2.43. The maximum atomic E-state index is 13.1. The van der Waals surface area contributed by atoms with E-state index in [1.807, 2.05) is 51.1 Å². The van der Waals surface area contributed by atoms with E-state index in [1.165, 1.54) is 0 Å². The van der Waals surface area contributed by atoms with Gasteiger partial charge in [0.2, 0.25) is 0 Å². The maximum absolute atomic E-state index is 13.1. The molecule has 1 aromatic carbocycles. The van der Waals surface area contributed by atoms with Gasteiger partial charge in [-0.05, 0) is 31.9 Å². The van der Waals surface area contributed by atoms with Crippen LogP contribution >= 0.6 is 34.8 Å². The van der Waals surface area contributed by atoms with Crippen molar-refractivity contribution in [1.29, 1.82) is 0 Å². The van der Waals surface area contributed by atoms with Crippen LogP contribution in [0.15, 0.2) is 40.1 Å². The second kappa shape index (κ2) is 10.6. The van der Waals surface area contributed by atoms with Crippen LogP contribution in [0.5, 0.6) is 0 Å². The Labute approximate surface area is 167 Å². The second-order valence-electron chi connectivity index (χ2n) is 5.76. The number of unbranched alkanes of at least 4 members (excludes halogenated alkanes) is 1. The fourth-order valence-electron chi connectivity index (χ4n) is 2.28. The number of benzene rings is 1. The Balaban J connectivity index is 3.14. The fourth-order valence-corrected chi connectivity index (χ4v) is 3.85. The van der Waals surface area contributed by atoms with E-state index in [0.717, 1.165) is 18.4 Å². The molecule has 140 valence electrons. The standard InChI is InChI=1S/C18H24Cl3NO2S/c1-4-6-8-15(22-17(23)18(19,20)21)16(7-5-2)25(24)14-11-9-13(3)10-12-14/h7,9-12,15H,4-6,8H2,1-3H3,(H,22,23)/b16-7-/t15-,25?/m0/s1. The molecule has 0 fully saturated rings. The van der Waals surface area contributed by atoms with Crippen molar-refractivity contribution in [3.8, 4) is 0 Å². The highest BCUT2D eigenvalue weighted by molar-refractivity contribution is 7.89. The zero-order valence-electron chi connectivity index (χ0n) is 14.7. The first-order chi connectivity index (χ1) is 11.7. The Morgan fingerprint density at radius 2 is 1.84 bits per heavy atom. The lowest BCUT2D eigenvalue weighted by atomic mass is 10.1. The summed E-state index contributed by atoms with van der Waals surface area (Å²) < 4.78 is 11.0. The number of amides is 1. The summed E-state index contributed by atoms with van der Waals surface area (Å²) in [7, 11) is -1.39. The third-order valence-electron chi connectivity index (χ3n) is 3.61. The van der Waals surface area contributed by atoms with E-state index >= 15 is 0 Å². The Morgan fingerprint density at radius 3 is 2.32 bits per heavy atom. The minimum Gasteiger partial charge on any atom is -0.345 e. The van der Waals surface area contributed by atoms with E-state index in [1.54, 1.807) is 0 Å². The van der Waals surface area contributed by atoms with Crippen LogP contribution in [-0.4, -0.2) is 20.0 Å². The van der Waals surface area contributed by atoms with Crippen LogP contribution in [0.1, 0.15) is 45.1 Å². The number of halogens is 3. The quantitative estimate of drug-likeness (QED) is 0.565. The van der Waals surface area contributed by atoms with Crippen molar-refractivity contribution in [2.75, 3.05) is 0 Å². The molecular weight excluding hydrogens is 401 g/mol. The zero-order chi connectivity index (χ0) is 19.0. The molecule has 1 aromatic rings. The fraction of sp³-hybridized carbons (Fsp3) is 0.500. The third-order valence-corrected chi connectivity index (χ3v) is 5.70. The third kappa shape index (κ3) is 7.30. The Morgan fingerprint density at radius 1 is 1.24 bits per heavy atom. The second-order valence-corrected chi connectivity index (χ2v) is 9.52. The summed E-state index contributed by atoms with van der Waals surface area (Å²) in [5, 5.41) is 2.74. The highest BCUT2D eigenvalue weighted by Crippen LogP contribution is 2.28. The summed E-state index contributed by atoms with van der Waals surface area (Å²) in [6, 6.07) is 7.06. The molecule has 3 nitrogen and oxygen atoms in total. The molecule has 0 bridgehead atoms. The average molecular weight is 425 g/mol. The van der Waals surface area contributed by atoms with Gasteiger partial charge in [0.1, 0.15) is 0 Å². The van der Waals surface area contributed by atoms with E-state index in [9.17, 15) is 9.00 Å². The summed E-state index contributed by atoms with van der Waals surface area (Å²) in [6.45, 7) is 5.98. The smallest absolute Gasteiger partial charge is 0.272 e. The molecule has 0 aliphatic rings. The summed E-state index contributed by atoms with van der Waals surface area (Å²) in [5.41, 5.74) is 1.09. The van der Waals surface area contributed by atoms with Crippen molar-refractivity contribution in [2.45, 2.75) is 61.2 Å². The van der Waals surface area contributed by atoms with E-state index < -0.39 is 26.5 Å². The van der Waals surface area contributed by atoms with Crippen molar-refractivity contribution < 1.29 is 9.00 Å². The molecule has 0 saturated heterocycles. The van der Waals surface area contributed by atoms with Crippen LogP contribution in [0.25, 0.3) is 0 Å². The van der Waals surface area contributed by atoms with Gasteiger partial charge in [-0.25, -0.2) is 4.21 Å². The monoisotopic (exact) mass is 423 g/mol. The van der Waals surface area contributed by atoms with Crippen LogP contribution < -0.4 is 5.32 Å². The zero-order valence-corrected chi connectivity index (χ0v) is 17.7. The summed E-state index contributed by atoms with van der Waals surface area (Å²) in [4.78, 5) is 13.4. The lowest BCUT2D eigenvalue weighted by Gasteiger charge is -2.23. The molecule has 0 heterocycles. The van der Waals surface area contributed by atoms with Gasteiger partial charge in [-0.15, -0.1) is 0 Å². The molecule has 0 radical (unpaired) electrons. The van der Waals surface area contributed by atoms with Crippen LogP contribution in [0.4, 0.5) is 0 Å². The topological polar surface area (TPSA) is 46.2 Å². The first kappa shape index (κ1) is 22.5. The maximum Gasteiger partial charge on any atom is 0.272 e. The SMILES string of the molecule is CC/C=C(/[C@H](CCCC)NC(=O)C(Cl)(Cl)Cl)S(=O)c1ccc(C)cc1. The van der Waals surface area contributed by atoms with Crippen LogP contribution in [0, 0.1) is 6.92 Å². The van der Waals surface area contributed by atoms with Gasteiger partial charge in [0.25, 0.3) is 9.70 Å². The predicted molar refractivity (Wildman–Crippen MR) is 108 cm³/mol.